The third-order valence-corrected chi connectivity index (χ3v) is 2.83. The zero-order valence-corrected chi connectivity index (χ0v) is 10.7. The van der Waals surface area contributed by atoms with E-state index in [1.54, 1.807) is 4.90 Å². The summed E-state index contributed by atoms with van der Waals surface area (Å²) >= 11 is 0. The molecule has 0 saturated carbocycles. The first-order chi connectivity index (χ1) is 9.20. The van der Waals surface area contributed by atoms with Gasteiger partial charge in [-0.25, -0.2) is 0 Å². The van der Waals surface area contributed by atoms with Crippen molar-refractivity contribution in [2.75, 3.05) is 43.6 Å². The number of hydrogen-bond donors (Lipinski definition) is 1. The van der Waals surface area contributed by atoms with Crippen LogP contribution in [-0.2, 0) is 19.1 Å². The molecule has 19 heavy (non-hydrogen) atoms. The number of morpholine rings is 1. The summed E-state index contributed by atoms with van der Waals surface area (Å²) in [5.74, 6) is -0.367. The van der Waals surface area contributed by atoms with Crippen LogP contribution < -0.4 is 10.2 Å². The van der Waals surface area contributed by atoms with Gasteiger partial charge >= 0.3 is 5.97 Å². The van der Waals surface area contributed by atoms with E-state index < -0.39 is 0 Å². The number of rotatable bonds is 4. The summed E-state index contributed by atoms with van der Waals surface area (Å²) in [7, 11) is 1.34. The third-order valence-electron chi connectivity index (χ3n) is 2.83. The number of methoxy groups -OCH3 is 1. The molecule has 1 amide bonds. The lowest BCUT2D eigenvalue weighted by molar-refractivity contribution is -0.138. The molecule has 1 aliphatic rings. The zero-order chi connectivity index (χ0) is 13.7. The Kier molecular flexibility index (Phi) is 4.35. The van der Waals surface area contributed by atoms with Gasteiger partial charge in [0.2, 0.25) is 0 Å². The number of anilines is 2. The predicted molar refractivity (Wildman–Crippen MR) is 70.1 cm³/mol. The van der Waals surface area contributed by atoms with E-state index in [0.717, 1.165) is 11.4 Å². The van der Waals surface area contributed by atoms with E-state index in [4.69, 9.17) is 4.74 Å². The second-order valence-electron chi connectivity index (χ2n) is 4.07. The Balaban J connectivity index is 1.97. The molecule has 0 spiro atoms. The molecule has 1 saturated heterocycles. The van der Waals surface area contributed by atoms with Crippen LogP contribution in [0.3, 0.4) is 0 Å². The van der Waals surface area contributed by atoms with Crippen molar-refractivity contribution < 1.29 is 19.1 Å². The second-order valence-corrected chi connectivity index (χ2v) is 4.07. The maximum Gasteiger partial charge on any atom is 0.325 e. The lowest BCUT2D eigenvalue weighted by atomic mass is 10.2. The van der Waals surface area contributed by atoms with E-state index in [9.17, 15) is 9.59 Å². The molecule has 0 aliphatic carbocycles. The predicted octanol–water partition coefficient (Wildman–Crippen LogP) is 0.635. The Morgan fingerprint density at radius 2 is 2.16 bits per heavy atom. The van der Waals surface area contributed by atoms with Crippen LogP contribution in [0.5, 0.6) is 0 Å². The number of carbonyl (C=O) groups is 2. The number of hydrogen-bond acceptors (Lipinski definition) is 5. The molecule has 102 valence electrons. The Bertz CT molecular complexity index is 458. The third kappa shape index (κ3) is 3.45. The Morgan fingerprint density at radius 1 is 1.42 bits per heavy atom. The van der Waals surface area contributed by atoms with E-state index in [-0.39, 0.29) is 25.0 Å². The summed E-state index contributed by atoms with van der Waals surface area (Å²) in [4.78, 5) is 24.3. The summed E-state index contributed by atoms with van der Waals surface area (Å²) in [6, 6.07) is 7.31. The first kappa shape index (κ1) is 13.4. The van der Waals surface area contributed by atoms with Crippen molar-refractivity contribution in [1.82, 2.24) is 0 Å². The van der Waals surface area contributed by atoms with Crippen LogP contribution >= 0.6 is 0 Å². The van der Waals surface area contributed by atoms with Crippen LogP contribution in [-0.4, -0.2) is 45.3 Å². The van der Waals surface area contributed by atoms with Gasteiger partial charge in [-0.1, -0.05) is 0 Å². The van der Waals surface area contributed by atoms with E-state index in [2.05, 4.69) is 10.1 Å². The average Bonchev–Trinajstić information content (AvgIpc) is 2.46. The van der Waals surface area contributed by atoms with Crippen molar-refractivity contribution in [1.29, 1.82) is 0 Å². The minimum atomic E-state index is -0.326. The fourth-order valence-electron chi connectivity index (χ4n) is 1.80. The van der Waals surface area contributed by atoms with Crippen molar-refractivity contribution >= 4 is 23.3 Å². The first-order valence-corrected chi connectivity index (χ1v) is 5.99. The van der Waals surface area contributed by atoms with Crippen LogP contribution in [0.25, 0.3) is 0 Å². The van der Waals surface area contributed by atoms with Crippen LogP contribution in [0.2, 0.25) is 0 Å². The number of nitrogens with zero attached hydrogens (tertiary/aromatic N) is 1. The highest BCUT2D eigenvalue weighted by Crippen LogP contribution is 2.19. The summed E-state index contributed by atoms with van der Waals surface area (Å²) < 4.78 is 9.62. The van der Waals surface area contributed by atoms with Gasteiger partial charge in [0.1, 0.15) is 13.2 Å². The van der Waals surface area contributed by atoms with Crippen LogP contribution in [0.4, 0.5) is 11.4 Å². The van der Waals surface area contributed by atoms with Crippen molar-refractivity contribution in [2.24, 2.45) is 0 Å². The van der Waals surface area contributed by atoms with E-state index in [1.165, 1.54) is 7.11 Å². The molecule has 0 atom stereocenters. The topological polar surface area (TPSA) is 67.9 Å². The molecule has 0 bridgehead atoms. The van der Waals surface area contributed by atoms with Crippen LogP contribution in [0.1, 0.15) is 0 Å². The molecule has 2 rings (SSSR count). The smallest absolute Gasteiger partial charge is 0.325 e. The number of nitrogens with one attached hydrogen (secondary N) is 1. The molecular weight excluding hydrogens is 248 g/mol. The fraction of sp³-hybridized carbons (Fsp3) is 0.385. The minimum Gasteiger partial charge on any atom is -0.468 e. The highest BCUT2D eigenvalue weighted by Gasteiger charge is 2.19. The van der Waals surface area contributed by atoms with Crippen molar-refractivity contribution in [3.63, 3.8) is 0 Å². The number of amides is 1. The van der Waals surface area contributed by atoms with Crippen LogP contribution in [0, 0.1) is 0 Å². The van der Waals surface area contributed by atoms with Crippen molar-refractivity contribution in [2.45, 2.75) is 0 Å². The average molecular weight is 264 g/mol. The molecule has 0 aromatic heterocycles. The van der Waals surface area contributed by atoms with Crippen LogP contribution in [0.15, 0.2) is 24.3 Å². The fourth-order valence-corrected chi connectivity index (χ4v) is 1.80. The Morgan fingerprint density at radius 3 is 2.79 bits per heavy atom. The Hall–Kier alpha value is -2.08. The molecule has 1 N–H and O–H groups in total. The number of ether oxygens (including phenoxy) is 2. The van der Waals surface area contributed by atoms with E-state index in [1.807, 2.05) is 24.3 Å². The minimum absolute atomic E-state index is 0.0403. The summed E-state index contributed by atoms with van der Waals surface area (Å²) in [5, 5.41) is 2.93. The molecule has 1 fully saturated rings. The van der Waals surface area contributed by atoms with Gasteiger partial charge in [0.05, 0.1) is 13.7 Å². The highest BCUT2D eigenvalue weighted by molar-refractivity contribution is 5.95. The summed E-state index contributed by atoms with van der Waals surface area (Å²) in [6.45, 7) is 1.36. The second kappa shape index (κ2) is 6.19. The van der Waals surface area contributed by atoms with Gasteiger partial charge in [-0.3, -0.25) is 9.59 Å². The lowest BCUT2D eigenvalue weighted by Crippen LogP contribution is -2.41. The molecule has 0 radical (unpaired) electrons. The van der Waals surface area contributed by atoms with Gasteiger partial charge in [-0.2, -0.15) is 0 Å². The molecule has 6 nitrogen and oxygen atoms in total. The normalized spacial score (nSPS) is 15.2. The monoisotopic (exact) mass is 264 g/mol. The molecule has 1 aliphatic heterocycles. The molecule has 1 aromatic rings. The molecule has 1 heterocycles. The number of esters is 1. The summed E-state index contributed by atoms with van der Waals surface area (Å²) in [6.07, 6.45) is 0. The van der Waals surface area contributed by atoms with Crippen molar-refractivity contribution in [3.8, 4) is 0 Å². The molecule has 0 unspecified atom stereocenters. The molecule has 1 aromatic carbocycles. The van der Waals surface area contributed by atoms with E-state index in [0.29, 0.717) is 13.2 Å². The molecular formula is C13H16N2O4. The maximum atomic E-state index is 11.7. The number of carbonyl (C=O) groups excluding carboxylic acids is 2. The zero-order valence-electron chi connectivity index (χ0n) is 10.7. The molecule has 6 heteroatoms. The SMILES string of the molecule is COC(=O)CNc1ccc(N2CCOCC2=O)cc1. The number of benzene rings is 1. The maximum absolute atomic E-state index is 11.7. The van der Waals surface area contributed by atoms with Crippen molar-refractivity contribution in [3.05, 3.63) is 24.3 Å². The standard InChI is InChI=1S/C13H16N2O4/c1-18-13(17)8-14-10-2-4-11(5-3-10)15-6-7-19-9-12(15)16/h2-5,14H,6-9H2,1H3. The first-order valence-electron chi connectivity index (χ1n) is 5.99. The van der Waals surface area contributed by atoms with Gasteiger partial charge in [0, 0.05) is 17.9 Å². The van der Waals surface area contributed by atoms with Gasteiger partial charge in [0.25, 0.3) is 5.91 Å². The largest absolute Gasteiger partial charge is 0.468 e. The van der Waals surface area contributed by atoms with Gasteiger partial charge in [-0.05, 0) is 24.3 Å². The van der Waals surface area contributed by atoms with E-state index >= 15 is 0 Å². The Labute approximate surface area is 111 Å². The lowest BCUT2D eigenvalue weighted by Gasteiger charge is -2.26. The van der Waals surface area contributed by atoms with Gasteiger partial charge < -0.3 is 19.7 Å². The van der Waals surface area contributed by atoms with Gasteiger partial charge in [-0.15, -0.1) is 0 Å². The highest BCUT2D eigenvalue weighted by atomic mass is 16.5. The summed E-state index contributed by atoms with van der Waals surface area (Å²) in [5.41, 5.74) is 1.63. The quantitative estimate of drug-likeness (QED) is 0.808. The van der Waals surface area contributed by atoms with Gasteiger partial charge in [0.15, 0.2) is 0 Å².